The molecule has 2 fully saturated rings. The molecule has 1 N–H and O–H groups in total. The second-order valence-corrected chi connectivity index (χ2v) is 6.24. The summed E-state index contributed by atoms with van der Waals surface area (Å²) < 4.78 is 5.43. The number of aliphatic hydroxyl groups is 1. The van der Waals surface area contributed by atoms with Crippen LogP contribution >= 0.6 is 0 Å². The quantitative estimate of drug-likeness (QED) is 0.798. The summed E-state index contributed by atoms with van der Waals surface area (Å²) in [6.45, 7) is 6.18. The highest BCUT2D eigenvalue weighted by Gasteiger charge is 2.44. The molecule has 0 bridgehead atoms. The molecule has 0 aromatic heterocycles. The largest absolute Gasteiger partial charge is 0.392 e. The van der Waals surface area contributed by atoms with Crippen LogP contribution in [0, 0.1) is 17.3 Å². The molecule has 0 spiro atoms. The van der Waals surface area contributed by atoms with Gasteiger partial charge in [0.05, 0.1) is 12.7 Å². The Bertz CT molecular complexity index is 213. The van der Waals surface area contributed by atoms with Crippen molar-refractivity contribution in [1.29, 1.82) is 0 Å². The normalized spacial score (nSPS) is 31.1. The molecule has 2 aliphatic rings. The summed E-state index contributed by atoms with van der Waals surface area (Å²) in [4.78, 5) is 0. The summed E-state index contributed by atoms with van der Waals surface area (Å²) in [5.41, 5.74) is 0.215. The molecular weight excluding hydrogens is 200 g/mol. The predicted molar refractivity (Wildman–Crippen MR) is 65.3 cm³/mol. The van der Waals surface area contributed by atoms with Gasteiger partial charge < -0.3 is 9.84 Å². The molecule has 0 aromatic rings. The van der Waals surface area contributed by atoms with Gasteiger partial charge in [-0.25, -0.2) is 0 Å². The Morgan fingerprint density at radius 3 is 2.50 bits per heavy atom. The average Bonchev–Trinajstić information content (AvgIpc) is 2.85. The molecule has 2 rings (SSSR count). The zero-order valence-electron chi connectivity index (χ0n) is 10.7. The van der Waals surface area contributed by atoms with Gasteiger partial charge in [-0.1, -0.05) is 26.7 Å². The van der Waals surface area contributed by atoms with E-state index in [-0.39, 0.29) is 11.5 Å². The molecule has 16 heavy (non-hydrogen) atoms. The van der Waals surface area contributed by atoms with E-state index in [9.17, 15) is 5.11 Å². The van der Waals surface area contributed by atoms with Crippen LogP contribution in [0.3, 0.4) is 0 Å². The monoisotopic (exact) mass is 226 g/mol. The minimum absolute atomic E-state index is 0.125. The fourth-order valence-electron chi connectivity index (χ4n) is 3.81. The topological polar surface area (TPSA) is 29.5 Å². The SMILES string of the molecule is CC(C)CC1(C(O)C2CCOC2)CCCC1. The van der Waals surface area contributed by atoms with Crippen molar-refractivity contribution in [3.8, 4) is 0 Å². The Labute approximate surface area is 99.4 Å². The third-order valence-electron chi connectivity index (χ3n) is 4.45. The Balaban J connectivity index is 2.05. The molecule has 1 aliphatic heterocycles. The molecule has 1 aliphatic carbocycles. The Morgan fingerprint density at radius 1 is 1.31 bits per heavy atom. The Morgan fingerprint density at radius 2 is 2.00 bits per heavy atom. The van der Waals surface area contributed by atoms with Crippen LogP contribution in [0.1, 0.15) is 52.4 Å². The molecule has 94 valence electrons. The molecule has 2 nitrogen and oxygen atoms in total. The van der Waals surface area contributed by atoms with Crippen molar-refractivity contribution in [1.82, 2.24) is 0 Å². The minimum atomic E-state index is -0.125. The van der Waals surface area contributed by atoms with E-state index in [1.54, 1.807) is 0 Å². The Hall–Kier alpha value is -0.0800. The fraction of sp³-hybridized carbons (Fsp3) is 1.00. The van der Waals surface area contributed by atoms with Gasteiger partial charge in [-0.2, -0.15) is 0 Å². The predicted octanol–water partition coefficient (Wildman–Crippen LogP) is 2.99. The van der Waals surface area contributed by atoms with Gasteiger partial charge in [0, 0.05) is 12.5 Å². The van der Waals surface area contributed by atoms with E-state index in [1.165, 1.54) is 32.1 Å². The lowest BCUT2D eigenvalue weighted by Gasteiger charge is -2.38. The minimum Gasteiger partial charge on any atom is -0.392 e. The Kier molecular flexibility index (Phi) is 3.91. The highest BCUT2D eigenvalue weighted by atomic mass is 16.5. The summed E-state index contributed by atoms with van der Waals surface area (Å²) in [5, 5.41) is 10.7. The fourth-order valence-corrected chi connectivity index (χ4v) is 3.81. The van der Waals surface area contributed by atoms with E-state index >= 15 is 0 Å². The zero-order chi connectivity index (χ0) is 11.6. The van der Waals surface area contributed by atoms with Gasteiger partial charge in [-0.15, -0.1) is 0 Å². The maximum atomic E-state index is 10.7. The van der Waals surface area contributed by atoms with Gasteiger partial charge in [0.1, 0.15) is 0 Å². The lowest BCUT2D eigenvalue weighted by molar-refractivity contribution is -0.0307. The standard InChI is InChI=1S/C14H26O2/c1-11(2)9-14(6-3-4-7-14)13(15)12-5-8-16-10-12/h11-13,15H,3-10H2,1-2H3. The number of rotatable bonds is 4. The first kappa shape index (κ1) is 12.4. The molecule has 2 atom stereocenters. The van der Waals surface area contributed by atoms with E-state index in [2.05, 4.69) is 13.8 Å². The third-order valence-corrected chi connectivity index (χ3v) is 4.45. The van der Waals surface area contributed by atoms with E-state index in [1.807, 2.05) is 0 Å². The first-order valence-corrected chi connectivity index (χ1v) is 6.90. The first-order chi connectivity index (χ1) is 7.64. The van der Waals surface area contributed by atoms with Crippen LogP contribution in [0.15, 0.2) is 0 Å². The van der Waals surface area contributed by atoms with Crippen LogP contribution in [0.4, 0.5) is 0 Å². The number of hydrogen-bond acceptors (Lipinski definition) is 2. The number of hydrogen-bond donors (Lipinski definition) is 1. The second kappa shape index (κ2) is 5.05. The summed E-state index contributed by atoms with van der Waals surface area (Å²) in [5.74, 6) is 1.09. The molecule has 0 aromatic carbocycles. The first-order valence-electron chi connectivity index (χ1n) is 6.90. The highest BCUT2D eigenvalue weighted by Crippen LogP contribution is 2.48. The van der Waals surface area contributed by atoms with Crippen molar-refractivity contribution >= 4 is 0 Å². The zero-order valence-corrected chi connectivity index (χ0v) is 10.7. The maximum Gasteiger partial charge on any atom is 0.0647 e. The van der Waals surface area contributed by atoms with E-state index in [0.717, 1.165) is 19.6 Å². The molecule has 2 unspecified atom stereocenters. The summed E-state index contributed by atoms with van der Waals surface area (Å²) in [6.07, 6.45) is 7.17. The van der Waals surface area contributed by atoms with Gasteiger partial charge >= 0.3 is 0 Å². The lowest BCUT2D eigenvalue weighted by atomic mass is 9.70. The van der Waals surface area contributed by atoms with E-state index in [0.29, 0.717) is 11.8 Å². The molecule has 0 radical (unpaired) electrons. The van der Waals surface area contributed by atoms with E-state index in [4.69, 9.17) is 4.74 Å². The molecule has 1 heterocycles. The summed E-state index contributed by atoms with van der Waals surface area (Å²) >= 11 is 0. The molecule has 0 amide bonds. The van der Waals surface area contributed by atoms with Crippen molar-refractivity contribution < 1.29 is 9.84 Å². The smallest absolute Gasteiger partial charge is 0.0647 e. The van der Waals surface area contributed by atoms with Crippen molar-refractivity contribution in [2.24, 2.45) is 17.3 Å². The highest BCUT2D eigenvalue weighted by molar-refractivity contribution is 4.95. The average molecular weight is 226 g/mol. The van der Waals surface area contributed by atoms with Gasteiger partial charge in [0.15, 0.2) is 0 Å². The van der Waals surface area contributed by atoms with E-state index < -0.39 is 0 Å². The number of ether oxygens (including phenoxy) is 1. The van der Waals surface area contributed by atoms with Crippen molar-refractivity contribution in [2.45, 2.75) is 58.5 Å². The molecular formula is C14H26O2. The molecule has 1 saturated carbocycles. The second-order valence-electron chi connectivity index (χ2n) is 6.24. The van der Waals surface area contributed by atoms with Crippen LogP contribution in [0.5, 0.6) is 0 Å². The van der Waals surface area contributed by atoms with Gasteiger partial charge in [0.2, 0.25) is 0 Å². The van der Waals surface area contributed by atoms with Crippen molar-refractivity contribution in [3.05, 3.63) is 0 Å². The van der Waals surface area contributed by atoms with Crippen molar-refractivity contribution in [2.75, 3.05) is 13.2 Å². The third kappa shape index (κ3) is 2.43. The van der Waals surface area contributed by atoms with Gasteiger partial charge in [-0.3, -0.25) is 0 Å². The summed E-state index contributed by atoms with van der Waals surface area (Å²) in [6, 6.07) is 0. The van der Waals surface area contributed by atoms with Gasteiger partial charge in [0.25, 0.3) is 0 Å². The number of aliphatic hydroxyl groups excluding tert-OH is 1. The maximum absolute atomic E-state index is 10.7. The molecule has 2 heteroatoms. The van der Waals surface area contributed by atoms with Crippen LogP contribution in [0.2, 0.25) is 0 Å². The molecule has 1 saturated heterocycles. The van der Waals surface area contributed by atoms with Crippen molar-refractivity contribution in [3.63, 3.8) is 0 Å². The van der Waals surface area contributed by atoms with Crippen LogP contribution in [-0.4, -0.2) is 24.4 Å². The summed E-state index contributed by atoms with van der Waals surface area (Å²) in [7, 11) is 0. The van der Waals surface area contributed by atoms with Gasteiger partial charge in [-0.05, 0) is 37.0 Å². The van der Waals surface area contributed by atoms with Crippen LogP contribution in [0.25, 0.3) is 0 Å². The van der Waals surface area contributed by atoms with Crippen LogP contribution < -0.4 is 0 Å². The lowest BCUT2D eigenvalue weighted by Crippen LogP contribution is -2.39. The van der Waals surface area contributed by atoms with Crippen LogP contribution in [-0.2, 0) is 4.74 Å².